The number of nitrogens with zero attached hydrogens (tertiary/aromatic N) is 2. The van der Waals surface area contributed by atoms with Crippen molar-refractivity contribution in [3.05, 3.63) is 51.7 Å². The van der Waals surface area contributed by atoms with Crippen LogP contribution in [-0.4, -0.2) is 69.6 Å². The molecule has 2 aliphatic heterocycles. The maximum atomic E-state index is 13.9. The summed E-state index contributed by atoms with van der Waals surface area (Å²) in [4.78, 5) is 54.0. The number of halogens is 2. The van der Waals surface area contributed by atoms with Gasteiger partial charge in [0.15, 0.2) is 9.75 Å². The molecule has 2 aliphatic carbocycles. The number of thiophene rings is 1. The molecule has 40 heavy (non-hydrogen) atoms. The summed E-state index contributed by atoms with van der Waals surface area (Å²) in [7, 11) is 4.12. The normalized spacial score (nSPS) is 33.1. The smallest absolute Gasteiger partial charge is 0.253 e. The standard InChI is InChI=1S/C28H26Cl2N2O7S/c1-31-25(36)27(29)11-17-15(6-7-16-20(17)24(35)32(23(16)34)12-14-5-4-8-40-14)22(28(27,30)26(31)37)21-18(38-2)9-13(33)10-19(21)39-3/h4-6,8-10,16-17,20,22,33H,7,11-12H2,1-3H3/t16-,17+,20-,22+,27+,28-/m0/s1. The van der Waals surface area contributed by atoms with Gasteiger partial charge < -0.3 is 14.6 Å². The van der Waals surface area contributed by atoms with E-state index < -0.39 is 45.2 Å². The quantitative estimate of drug-likeness (QED) is 0.315. The Bertz CT molecular complexity index is 1470. The number of hydrogen-bond donors (Lipinski definition) is 1. The predicted molar refractivity (Wildman–Crippen MR) is 147 cm³/mol. The minimum absolute atomic E-state index is 0.106. The highest BCUT2D eigenvalue weighted by Crippen LogP contribution is 2.67. The van der Waals surface area contributed by atoms with Crippen molar-refractivity contribution in [2.24, 2.45) is 17.8 Å². The van der Waals surface area contributed by atoms with Gasteiger partial charge in [0.2, 0.25) is 11.8 Å². The Hall–Kier alpha value is -3.08. The Balaban J connectivity index is 1.55. The number of alkyl halides is 2. The van der Waals surface area contributed by atoms with Crippen LogP contribution in [0.15, 0.2) is 41.3 Å². The minimum atomic E-state index is -1.99. The van der Waals surface area contributed by atoms with Crippen LogP contribution in [0.5, 0.6) is 17.2 Å². The van der Waals surface area contributed by atoms with E-state index in [0.717, 1.165) is 9.78 Å². The van der Waals surface area contributed by atoms with E-state index in [0.29, 0.717) is 11.1 Å². The topological polar surface area (TPSA) is 113 Å². The first-order valence-corrected chi connectivity index (χ1v) is 14.4. The molecule has 4 aliphatic rings. The molecule has 0 radical (unpaired) electrons. The molecule has 2 aromatic rings. The number of allylic oxidation sites excluding steroid dienone is 2. The first-order valence-electron chi connectivity index (χ1n) is 12.7. The molecule has 6 atom stereocenters. The van der Waals surface area contributed by atoms with Crippen LogP contribution in [-0.2, 0) is 25.7 Å². The van der Waals surface area contributed by atoms with Gasteiger partial charge in [0.05, 0.1) is 32.6 Å². The van der Waals surface area contributed by atoms with E-state index in [4.69, 9.17) is 32.7 Å². The largest absolute Gasteiger partial charge is 0.508 e. The van der Waals surface area contributed by atoms with Crippen LogP contribution in [0.2, 0.25) is 0 Å². The van der Waals surface area contributed by atoms with Gasteiger partial charge >= 0.3 is 0 Å². The second-order valence-electron chi connectivity index (χ2n) is 10.6. The summed E-state index contributed by atoms with van der Waals surface area (Å²) in [6.07, 6.45) is 1.99. The van der Waals surface area contributed by atoms with Crippen LogP contribution in [0.4, 0.5) is 0 Å². The number of phenols is 1. The zero-order valence-corrected chi connectivity index (χ0v) is 24.2. The van der Waals surface area contributed by atoms with Crippen molar-refractivity contribution in [3.8, 4) is 17.2 Å². The number of carbonyl (C=O) groups excluding carboxylic acids is 4. The van der Waals surface area contributed by atoms with E-state index in [1.165, 1.54) is 49.6 Å². The fraction of sp³-hybridized carbons (Fsp3) is 0.429. The summed E-state index contributed by atoms with van der Waals surface area (Å²) in [5.41, 5.74) is 0.936. The van der Waals surface area contributed by atoms with Gasteiger partial charge in [0, 0.05) is 35.5 Å². The zero-order chi connectivity index (χ0) is 28.7. The Morgan fingerprint density at radius 3 is 2.33 bits per heavy atom. The number of likely N-dealkylation sites (tertiary alicyclic amines) is 2. The molecule has 9 nitrogen and oxygen atoms in total. The van der Waals surface area contributed by atoms with E-state index >= 15 is 0 Å². The van der Waals surface area contributed by atoms with E-state index in [2.05, 4.69) is 0 Å². The zero-order valence-electron chi connectivity index (χ0n) is 21.9. The number of ether oxygens (including phenoxy) is 2. The lowest BCUT2D eigenvalue weighted by Gasteiger charge is -2.51. The van der Waals surface area contributed by atoms with E-state index in [1.54, 1.807) is 0 Å². The number of carbonyl (C=O) groups is 4. The van der Waals surface area contributed by atoms with Gasteiger partial charge in [-0.3, -0.25) is 29.0 Å². The molecule has 0 bridgehead atoms. The third-order valence-corrected chi connectivity index (χ3v) is 11.1. The number of aromatic hydroxyl groups is 1. The van der Waals surface area contributed by atoms with Gasteiger partial charge in [0.1, 0.15) is 17.2 Å². The van der Waals surface area contributed by atoms with Crippen molar-refractivity contribution in [2.45, 2.75) is 35.1 Å². The Morgan fingerprint density at radius 2 is 1.73 bits per heavy atom. The molecule has 1 saturated carbocycles. The third kappa shape index (κ3) is 3.39. The molecular weight excluding hydrogens is 579 g/mol. The fourth-order valence-electron chi connectivity index (χ4n) is 7.05. The molecule has 3 heterocycles. The van der Waals surface area contributed by atoms with Gasteiger partial charge in [-0.05, 0) is 30.2 Å². The second-order valence-corrected chi connectivity index (χ2v) is 12.9. The number of amides is 4. The van der Waals surface area contributed by atoms with Crippen LogP contribution in [0.25, 0.3) is 0 Å². The number of benzene rings is 1. The first kappa shape index (κ1) is 27.1. The fourth-order valence-corrected chi connectivity index (χ4v) is 8.75. The van der Waals surface area contributed by atoms with Crippen LogP contribution >= 0.6 is 34.5 Å². The van der Waals surface area contributed by atoms with Crippen LogP contribution in [0.1, 0.15) is 29.2 Å². The molecule has 210 valence electrons. The molecular formula is C28H26Cl2N2O7S. The molecule has 0 spiro atoms. The van der Waals surface area contributed by atoms with E-state index in [9.17, 15) is 24.3 Å². The summed E-state index contributed by atoms with van der Waals surface area (Å²) in [6.45, 7) is 0.166. The Morgan fingerprint density at radius 1 is 1.05 bits per heavy atom. The molecule has 1 aromatic heterocycles. The number of hydrogen-bond acceptors (Lipinski definition) is 8. The van der Waals surface area contributed by atoms with Gasteiger partial charge in [-0.2, -0.15) is 0 Å². The van der Waals surface area contributed by atoms with Crippen LogP contribution < -0.4 is 9.47 Å². The highest BCUT2D eigenvalue weighted by atomic mass is 35.5. The monoisotopic (exact) mass is 604 g/mol. The van der Waals surface area contributed by atoms with Gasteiger partial charge in [-0.1, -0.05) is 17.7 Å². The van der Waals surface area contributed by atoms with Crippen LogP contribution in [0.3, 0.4) is 0 Å². The maximum Gasteiger partial charge on any atom is 0.253 e. The summed E-state index contributed by atoms with van der Waals surface area (Å²) in [6, 6.07) is 6.45. The average Bonchev–Trinajstić information content (AvgIpc) is 3.57. The SMILES string of the molecule is COc1cc(O)cc(OC)c1[C@H]1C2=CC[C@@H]3C(=O)N(Cc4cccs4)C(=O)[C@@H]3[C@@H]2C[C@@]2(Cl)C(=O)N(C)C(=O)[C@@]12Cl. The molecule has 2 saturated heterocycles. The third-order valence-electron chi connectivity index (χ3n) is 8.82. The molecule has 4 amide bonds. The van der Waals surface area contributed by atoms with Crippen LogP contribution in [0, 0.1) is 17.8 Å². The molecule has 3 fully saturated rings. The number of imide groups is 2. The highest BCUT2D eigenvalue weighted by molar-refractivity contribution is 7.09. The summed E-state index contributed by atoms with van der Waals surface area (Å²) < 4.78 is 11.2. The molecule has 12 heteroatoms. The lowest BCUT2D eigenvalue weighted by Crippen LogP contribution is -2.60. The number of methoxy groups -OCH3 is 2. The highest BCUT2D eigenvalue weighted by Gasteiger charge is 2.76. The van der Waals surface area contributed by atoms with Gasteiger partial charge in [-0.25, -0.2) is 0 Å². The summed E-state index contributed by atoms with van der Waals surface area (Å²) >= 11 is 15.9. The van der Waals surface area contributed by atoms with Crippen molar-refractivity contribution in [1.82, 2.24) is 9.80 Å². The molecule has 0 unspecified atom stereocenters. The Kier molecular flexibility index (Phi) is 6.25. The number of phenolic OH excluding ortho intramolecular Hbond substituents is 1. The number of rotatable bonds is 5. The molecule has 1 aromatic carbocycles. The molecule has 6 rings (SSSR count). The van der Waals surface area contributed by atoms with Crippen molar-refractivity contribution in [3.63, 3.8) is 0 Å². The summed E-state index contributed by atoms with van der Waals surface area (Å²) in [5.74, 6) is -4.91. The van der Waals surface area contributed by atoms with Gasteiger partial charge in [0.25, 0.3) is 11.8 Å². The number of fused-ring (bicyclic) bond motifs is 4. The first-order chi connectivity index (χ1) is 19.0. The predicted octanol–water partition coefficient (Wildman–Crippen LogP) is 3.66. The summed E-state index contributed by atoms with van der Waals surface area (Å²) in [5, 5.41) is 12.2. The van der Waals surface area contributed by atoms with Crippen molar-refractivity contribution in [1.29, 1.82) is 0 Å². The van der Waals surface area contributed by atoms with Crippen molar-refractivity contribution in [2.75, 3.05) is 21.3 Å². The van der Waals surface area contributed by atoms with E-state index in [-0.39, 0.29) is 48.4 Å². The second kappa shape index (κ2) is 9.22. The maximum absolute atomic E-state index is 13.9. The Labute approximate surface area is 244 Å². The lowest BCUT2D eigenvalue weighted by atomic mass is 9.56. The van der Waals surface area contributed by atoms with Gasteiger partial charge in [-0.15, -0.1) is 34.5 Å². The van der Waals surface area contributed by atoms with Crippen molar-refractivity contribution < 1.29 is 33.8 Å². The molecule has 1 N–H and O–H groups in total. The minimum Gasteiger partial charge on any atom is -0.508 e. The average molecular weight is 605 g/mol. The lowest BCUT2D eigenvalue weighted by molar-refractivity contribution is -0.141. The van der Waals surface area contributed by atoms with Crippen molar-refractivity contribution >= 4 is 58.2 Å². The van der Waals surface area contributed by atoms with E-state index in [1.807, 2.05) is 23.6 Å².